The van der Waals surface area contributed by atoms with Crippen molar-refractivity contribution in [3.8, 4) is 0 Å². The normalized spacial score (nSPS) is 11.2. The maximum absolute atomic E-state index is 10.2. The minimum atomic E-state index is 0.656. The summed E-state index contributed by atoms with van der Waals surface area (Å²) in [6.45, 7) is 1.73. The third-order valence-corrected chi connectivity index (χ3v) is 1.17. The number of carbonyl (C=O) groups excluding carboxylic acids is 1. The first-order valence-corrected chi connectivity index (χ1v) is 3.22. The Morgan fingerprint density at radius 3 is 3.00 bits per heavy atom. The molecule has 1 rings (SSSR count). The number of nitrogens with zero attached hydrogens (tertiary/aromatic N) is 2. The summed E-state index contributed by atoms with van der Waals surface area (Å²) in [6, 6.07) is 1.74. The van der Waals surface area contributed by atoms with Crippen molar-refractivity contribution < 1.29 is 4.79 Å². The summed E-state index contributed by atoms with van der Waals surface area (Å²) >= 11 is 0. The van der Waals surface area contributed by atoms with E-state index in [1.807, 2.05) is 0 Å². The molecule has 0 aliphatic heterocycles. The molecule has 0 spiro atoms. The maximum Gasteiger partial charge on any atom is 0.145 e. The molecule has 0 aliphatic carbocycles. The van der Waals surface area contributed by atoms with Gasteiger partial charge in [0.2, 0.25) is 0 Å². The van der Waals surface area contributed by atoms with Gasteiger partial charge in [-0.05, 0) is 24.6 Å². The van der Waals surface area contributed by atoms with E-state index in [0.717, 1.165) is 12.0 Å². The zero-order chi connectivity index (χ0) is 8.10. The first-order valence-electron chi connectivity index (χ1n) is 3.22. The Bertz CT molecular complexity index is 267. The van der Waals surface area contributed by atoms with Crippen molar-refractivity contribution in [2.45, 2.75) is 6.92 Å². The highest BCUT2D eigenvalue weighted by Gasteiger charge is 1.87. The van der Waals surface area contributed by atoms with E-state index in [-0.39, 0.29) is 0 Å². The van der Waals surface area contributed by atoms with E-state index < -0.39 is 0 Å². The van der Waals surface area contributed by atoms with E-state index in [2.05, 4.69) is 9.97 Å². The van der Waals surface area contributed by atoms with Gasteiger partial charge in [0.25, 0.3) is 0 Å². The summed E-state index contributed by atoms with van der Waals surface area (Å²) in [5.41, 5.74) is 1.41. The number of carbonyl (C=O) groups is 1. The Labute approximate surface area is 64.8 Å². The molecule has 1 aromatic heterocycles. The van der Waals surface area contributed by atoms with Gasteiger partial charge in [0.05, 0.1) is 5.69 Å². The number of hydrogen-bond donors (Lipinski definition) is 0. The van der Waals surface area contributed by atoms with Crippen molar-refractivity contribution >= 4 is 12.4 Å². The van der Waals surface area contributed by atoms with Gasteiger partial charge >= 0.3 is 0 Å². The van der Waals surface area contributed by atoms with Gasteiger partial charge in [-0.2, -0.15) is 0 Å². The number of allylic oxidation sites excluding steroid dienone is 1. The third kappa shape index (κ3) is 2.29. The summed E-state index contributed by atoms with van der Waals surface area (Å²) in [6.07, 6.45) is 5.58. The average molecular weight is 148 g/mol. The van der Waals surface area contributed by atoms with E-state index in [9.17, 15) is 4.79 Å². The van der Waals surface area contributed by atoms with Gasteiger partial charge in [0.15, 0.2) is 0 Å². The number of rotatable bonds is 2. The highest BCUT2D eigenvalue weighted by Crippen LogP contribution is 1.98. The fraction of sp³-hybridized carbons (Fsp3) is 0.125. The maximum atomic E-state index is 10.2. The van der Waals surface area contributed by atoms with Crippen LogP contribution in [-0.4, -0.2) is 16.3 Å². The fourth-order valence-corrected chi connectivity index (χ4v) is 0.654. The summed E-state index contributed by atoms with van der Waals surface area (Å²) in [5, 5.41) is 0. The summed E-state index contributed by atoms with van der Waals surface area (Å²) in [4.78, 5) is 17.9. The van der Waals surface area contributed by atoms with Crippen molar-refractivity contribution in [2.24, 2.45) is 0 Å². The Kier molecular flexibility index (Phi) is 2.49. The number of aromatic nitrogens is 2. The second-order valence-electron chi connectivity index (χ2n) is 2.14. The van der Waals surface area contributed by atoms with Crippen molar-refractivity contribution in [1.29, 1.82) is 0 Å². The van der Waals surface area contributed by atoms with Crippen molar-refractivity contribution in [1.82, 2.24) is 9.97 Å². The van der Waals surface area contributed by atoms with Gasteiger partial charge < -0.3 is 0 Å². The van der Waals surface area contributed by atoms with Crippen LogP contribution in [0.2, 0.25) is 0 Å². The SMILES string of the molecule is C/C(C=O)=C/c1ccncn1. The van der Waals surface area contributed by atoms with Gasteiger partial charge in [-0.15, -0.1) is 0 Å². The standard InChI is InChI=1S/C8H8N2O/c1-7(5-11)4-8-2-3-9-6-10-8/h2-6H,1H3/b7-4-. The van der Waals surface area contributed by atoms with Crippen LogP contribution in [0, 0.1) is 0 Å². The molecule has 1 heterocycles. The molecule has 0 aromatic carbocycles. The van der Waals surface area contributed by atoms with Crippen LogP contribution in [0.15, 0.2) is 24.2 Å². The Balaban J connectivity index is 2.87. The highest BCUT2D eigenvalue weighted by molar-refractivity contribution is 5.79. The van der Waals surface area contributed by atoms with Crippen molar-refractivity contribution in [3.63, 3.8) is 0 Å². The molecule has 0 bridgehead atoms. The smallest absolute Gasteiger partial charge is 0.145 e. The molecule has 0 atom stereocenters. The molecule has 0 N–H and O–H groups in total. The summed E-state index contributed by atoms with van der Waals surface area (Å²) in [5.74, 6) is 0. The summed E-state index contributed by atoms with van der Waals surface area (Å²) < 4.78 is 0. The quantitative estimate of drug-likeness (QED) is 0.465. The Morgan fingerprint density at radius 1 is 1.64 bits per heavy atom. The molecule has 0 unspecified atom stereocenters. The van der Waals surface area contributed by atoms with Crippen LogP contribution < -0.4 is 0 Å². The second-order valence-corrected chi connectivity index (χ2v) is 2.14. The van der Waals surface area contributed by atoms with Crippen LogP contribution in [0.3, 0.4) is 0 Å². The third-order valence-electron chi connectivity index (χ3n) is 1.17. The molecule has 0 amide bonds. The molecule has 3 heteroatoms. The van der Waals surface area contributed by atoms with Crippen LogP contribution in [-0.2, 0) is 4.79 Å². The Hall–Kier alpha value is -1.51. The minimum absolute atomic E-state index is 0.656. The largest absolute Gasteiger partial charge is 0.298 e. The lowest BCUT2D eigenvalue weighted by atomic mass is 10.2. The minimum Gasteiger partial charge on any atom is -0.298 e. The Morgan fingerprint density at radius 2 is 2.45 bits per heavy atom. The van der Waals surface area contributed by atoms with E-state index in [1.54, 1.807) is 25.3 Å². The zero-order valence-corrected chi connectivity index (χ0v) is 6.19. The van der Waals surface area contributed by atoms with Gasteiger partial charge in [0, 0.05) is 6.20 Å². The van der Waals surface area contributed by atoms with Gasteiger partial charge in [-0.3, -0.25) is 4.79 Å². The monoisotopic (exact) mass is 148 g/mol. The fourth-order valence-electron chi connectivity index (χ4n) is 0.654. The lowest BCUT2D eigenvalue weighted by molar-refractivity contribution is -0.104. The molecule has 56 valence electrons. The predicted molar refractivity (Wildman–Crippen MR) is 41.7 cm³/mol. The van der Waals surface area contributed by atoms with Crippen LogP contribution in [0.5, 0.6) is 0 Å². The van der Waals surface area contributed by atoms with E-state index in [4.69, 9.17) is 0 Å². The van der Waals surface area contributed by atoms with Crippen LogP contribution in [0.4, 0.5) is 0 Å². The van der Waals surface area contributed by atoms with Crippen LogP contribution in [0.1, 0.15) is 12.6 Å². The first-order chi connectivity index (χ1) is 5.33. The molecule has 0 radical (unpaired) electrons. The lowest BCUT2D eigenvalue weighted by Crippen LogP contribution is -1.82. The molecule has 0 saturated heterocycles. The molecule has 3 nitrogen and oxygen atoms in total. The summed E-state index contributed by atoms with van der Waals surface area (Å²) in [7, 11) is 0. The van der Waals surface area contributed by atoms with E-state index in [0.29, 0.717) is 5.57 Å². The zero-order valence-electron chi connectivity index (χ0n) is 6.19. The van der Waals surface area contributed by atoms with E-state index in [1.165, 1.54) is 6.33 Å². The first kappa shape index (κ1) is 7.60. The molecule has 0 fully saturated rings. The van der Waals surface area contributed by atoms with Crippen molar-refractivity contribution in [2.75, 3.05) is 0 Å². The molecule has 11 heavy (non-hydrogen) atoms. The topological polar surface area (TPSA) is 42.9 Å². The predicted octanol–water partition coefficient (Wildman–Crippen LogP) is 1.08. The number of aldehydes is 1. The molecular formula is C8H8N2O. The van der Waals surface area contributed by atoms with Gasteiger partial charge in [-0.25, -0.2) is 9.97 Å². The second kappa shape index (κ2) is 3.61. The van der Waals surface area contributed by atoms with E-state index >= 15 is 0 Å². The highest BCUT2D eigenvalue weighted by atomic mass is 16.1. The number of hydrogen-bond acceptors (Lipinski definition) is 3. The molecular weight excluding hydrogens is 140 g/mol. The molecule has 0 aliphatic rings. The molecule has 0 saturated carbocycles. The average Bonchev–Trinajstić information content (AvgIpc) is 2.06. The molecule has 1 aromatic rings. The lowest BCUT2D eigenvalue weighted by Gasteiger charge is -1.89. The van der Waals surface area contributed by atoms with Crippen molar-refractivity contribution in [3.05, 3.63) is 29.9 Å². The van der Waals surface area contributed by atoms with Gasteiger partial charge in [0.1, 0.15) is 12.6 Å². The van der Waals surface area contributed by atoms with Gasteiger partial charge in [-0.1, -0.05) is 0 Å². The van der Waals surface area contributed by atoms with Crippen LogP contribution >= 0.6 is 0 Å². The van der Waals surface area contributed by atoms with Crippen LogP contribution in [0.25, 0.3) is 6.08 Å².